The number of rotatable bonds is 10. The van der Waals surface area contributed by atoms with Gasteiger partial charge in [0.2, 0.25) is 0 Å². The number of esters is 1. The quantitative estimate of drug-likeness (QED) is 0.216. The highest BCUT2D eigenvalue weighted by Crippen LogP contribution is 2.29. The minimum absolute atomic E-state index is 0.283. The van der Waals surface area contributed by atoms with Gasteiger partial charge < -0.3 is 14.2 Å². The van der Waals surface area contributed by atoms with E-state index in [0.717, 1.165) is 6.42 Å². The zero-order valence-corrected chi connectivity index (χ0v) is 18.5. The molecule has 1 N–H and O–H groups in total. The molecule has 8 nitrogen and oxygen atoms in total. The summed E-state index contributed by atoms with van der Waals surface area (Å²) in [6, 6.07) is 14.9. The number of hydrogen-bond donors (Lipinski definition) is 1. The smallest absolute Gasteiger partial charge is 0.343 e. The summed E-state index contributed by atoms with van der Waals surface area (Å²) in [6.07, 6.45) is 5.44. The molecule has 0 aliphatic heterocycles. The third-order valence-electron chi connectivity index (χ3n) is 4.36. The van der Waals surface area contributed by atoms with Gasteiger partial charge in [-0.25, -0.2) is 10.2 Å². The molecule has 33 heavy (non-hydrogen) atoms. The van der Waals surface area contributed by atoms with Crippen molar-refractivity contribution in [3.05, 3.63) is 83.7 Å². The van der Waals surface area contributed by atoms with Crippen molar-refractivity contribution < 1.29 is 23.8 Å². The van der Waals surface area contributed by atoms with Gasteiger partial charge in [0.05, 0.1) is 25.0 Å². The Morgan fingerprint density at radius 1 is 0.939 bits per heavy atom. The first-order valence-electron chi connectivity index (χ1n) is 10.6. The molecule has 1 heterocycles. The van der Waals surface area contributed by atoms with Gasteiger partial charge in [-0.3, -0.25) is 9.78 Å². The molecule has 0 radical (unpaired) electrons. The number of hydrazone groups is 1. The first kappa shape index (κ1) is 23.5. The van der Waals surface area contributed by atoms with Crippen molar-refractivity contribution in [1.29, 1.82) is 0 Å². The molecule has 0 bridgehead atoms. The molecule has 8 heteroatoms. The van der Waals surface area contributed by atoms with Gasteiger partial charge in [0.15, 0.2) is 11.5 Å². The minimum atomic E-state index is -0.510. The Kier molecular flexibility index (Phi) is 8.53. The van der Waals surface area contributed by atoms with E-state index >= 15 is 0 Å². The Morgan fingerprint density at radius 3 is 2.39 bits per heavy atom. The molecule has 3 rings (SSSR count). The first-order chi connectivity index (χ1) is 16.1. The van der Waals surface area contributed by atoms with Crippen LogP contribution >= 0.6 is 0 Å². The van der Waals surface area contributed by atoms with E-state index in [0.29, 0.717) is 41.4 Å². The van der Waals surface area contributed by atoms with Crippen LogP contribution in [-0.4, -0.2) is 36.3 Å². The number of nitrogens with zero attached hydrogens (tertiary/aromatic N) is 2. The highest BCUT2D eigenvalue weighted by molar-refractivity contribution is 5.95. The van der Waals surface area contributed by atoms with E-state index in [9.17, 15) is 9.59 Å². The van der Waals surface area contributed by atoms with Crippen LogP contribution in [0, 0.1) is 0 Å². The number of ether oxygens (including phenoxy) is 3. The summed E-state index contributed by atoms with van der Waals surface area (Å²) in [5.41, 5.74) is 3.95. The van der Waals surface area contributed by atoms with Crippen LogP contribution in [0.3, 0.4) is 0 Å². The number of aromatic nitrogens is 1. The highest BCUT2D eigenvalue weighted by Gasteiger charge is 2.13. The molecular formula is C25H25N3O5. The maximum atomic E-state index is 12.6. The standard InChI is InChI=1S/C25H25N3O5/c1-3-15-32-21-8-6-20(7-9-21)25(30)33-22-10-5-18(16-23(22)31-4-2)17-27-28-24(29)19-11-13-26-14-12-19/h5-14,16-17H,3-4,15H2,1-2H3,(H,28,29)/b27-17+. The average Bonchev–Trinajstić information content (AvgIpc) is 2.85. The summed E-state index contributed by atoms with van der Waals surface area (Å²) >= 11 is 0. The number of hydrogen-bond acceptors (Lipinski definition) is 7. The van der Waals surface area contributed by atoms with Gasteiger partial charge in [0.25, 0.3) is 5.91 Å². The molecule has 0 unspecified atom stereocenters. The van der Waals surface area contributed by atoms with Gasteiger partial charge >= 0.3 is 5.97 Å². The number of nitrogens with one attached hydrogen (secondary N) is 1. The zero-order chi connectivity index (χ0) is 23.5. The summed E-state index contributed by atoms with van der Waals surface area (Å²) in [5, 5.41) is 3.97. The molecule has 2 aromatic carbocycles. The lowest BCUT2D eigenvalue weighted by Crippen LogP contribution is -2.17. The van der Waals surface area contributed by atoms with Crippen molar-refractivity contribution in [2.24, 2.45) is 5.10 Å². The van der Waals surface area contributed by atoms with Crippen LogP contribution in [0.1, 0.15) is 46.5 Å². The number of benzene rings is 2. The fourth-order valence-corrected chi connectivity index (χ4v) is 2.76. The summed E-state index contributed by atoms with van der Waals surface area (Å²) < 4.78 is 16.7. The molecule has 0 atom stereocenters. The van der Waals surface area contributed by atoms with Crippen LogP contribution in [-0.2, 0) is 0 Å². The van der Waals surface area contributed by atoms with Gasteiger partial charge in [-0.05, 0) is 73.5 Å². The first-order valence-corrected chi connectivity index (χ1v) is 10.6. The third-order valence-corrected chi connectivity index (χ3v) is 4.36. The van der Waals surface area contributed by atoms with Crippen LogP contribution in [0.4, 0.5) is 0 Å². The SMILES string of the molecule is CCCOc1ccc(C(=O)Oc2ccc(/C=N/NC(=O)c3ccncc3)cc2OCC)cc1. The number of carbonyl (C=O) groups excluding carboxylic acids is 2. The van der Waals surface area contributed by atoms with E-state index < -0.39 is 5.97 Å². The Morgan fingerprint density at radius 2 is 1.70 bits per heavy atom. The molecule has 0 saturated heterocycles. The fourth-order valence-electron chi connectivity index (χ4n) is 2.76. The summed E-state index contributed by atoms with van der Waals surface area (Å²) in [5.74, 6) is 0.506. The Labute approximate surface area is 192 Å². The van der Waals surface area contributed by atoms with Gasteiger partial charge in [-0.1, -0.05) is 6.92 Å². The zero-order valence-electron chi connectivity index (χ0n) is 18.5. The molecule has 0 fully saturated rings. The predicted molar refractivity (Wildman–Crippen MR) is 124 cm³/mol. The average molecular weight is 447 g/mol. The second-order valence-electron chi connectivity index (χ2n) is 6.84. The van der Waals surface area contributed by atoms with Crippen LogP contribution in [0.5, 0.6) is 17.2 Å². The highest BCUT2D eigenvalue weighted by atomic mass is 16.6. The Balaban J connectivity index is 1.66. The second kappa shape index (κ2) is 12.0. The molecule has 1 aromatic heterocycles. The van der Waals surface area contributed by atoms with E-state index in [1.165, 1.54) is 18.6 Å². The molecule has 0 saturated carbocycles. The molecule has 170 valence electrons. The van der Waals surface area contributed by atoms with Crippen molar-refractivity contribution in [2.45, 2.75) is 20.3 Å². The predicted octanol–water partition coefficient (Wildman–Crippen LogP) is 4.25. The lowest BCUT2D eigenvalue weighted by atomic mass is 10.2. The third kappa shape index (κ3) is 6.90. The van der Waals surface area contributed by atoms with Crippen molar-refractivity contribution in [3.8, 4) is 17.2 Å². The van der Waals surface area contributed by atoms with E-state index in [-0.39, 0.29) is 11.7 Å². The Hall–Kier alpha value is -4.20. The Bertz CT molecular complexity index is 1100. The minimum Gasteiger partial charge on any atom is -0.494 e. The molecule has 1 amide bonds. The number of pyridine rings is 1. The summed E-state index contributed by atoms with van der Waals surface area (Å²) in [4.78, 5) is 28.5. The van der Waals surface area contributed by atoms with Gasteiger partial charge in [0.1, 0.15) is 5.75 Å². The van der Waals surface area contributed by atoms with Crippen LogP contribution in [0.25, 0.3) is 0 Å². The van der Waals surface area contributed by atoms with E-state index in [4.69, 9.17) is 14.2 Å². The van der Waals surface area contributed by atoms with E-state index in [2.05, 4.69) is 15.5 Å². The van der Waals surface area contributed by atoms with Crippen molar-refractivity contribution in [1.82, 2.24) is 10.4 Å². The second-order valence-corrected chi connectivity index (χ2v) is 6.84. The molecule has 0 aliphatic carbocycles. The largest absolute Gasteiger partial charge is 0.494 e. The summed E-state index contributed by atoms with van der Waals surface area (Å²) in [7, 11) is 0. The molecule has 0 spiro atoms. The van der Waals surface area contributed by atoms with Crippen molar-refractivity contribution >= 4 is 18.1 Å². The lowest BCUT2D eigenvalue weighted by molar-refractivity contribution is 0.0728. The molecular weight excluding hydrogens is 422 g/mol. The monoisotopic (exact) mass is 447 g/mol. The van der Waals surface area contributed by atoms with Gasteiger partial charge in [-0.2, -0.15) is 5.10 Å². The number of carbonyl (C=O) groups is 2. The fraction of sp³-hybridized carbons (Fsp3) is 0.200. The van der Waals surface area contributed by atoms with Gasteiger partial charge in [0, 0.05) is 18.0 Å². The van der Waals surface area contributed by atoms with Crippen LogP contribution in [0.15, 0.2) is 72.1 Å². The summed E-state index contributed by atoms with van der Waals surface area (Å²) in [6.45, 7) is 4.85. The topological polar surface area (TPSA) is 99.1 Å². The van der Waals surface area contributed by atoms with Crippen molar-refractivity contribution in [3.63, 3.8) is 0 Å². The normalized spacial score (nSPS) is 10.6. The molecule has 0 aliphatic rings. The van der Waals surface area contributed by atoms with Crippen LogP contribution < -0.4 is 19.6 Å². The van der Waals surface area contributed by atoms with Gasteiger partial charge in [-0.15, -0.1) is 0 Å². The van der Waals surface area contributed by atoms with Crippen LogP contribution in [0.2, 0.25) is 0 Å². The number of amides is 1. The van der Waals surface area contributed by atoms with Crippen molar-refractivity contribution in [2.75, 3.05) is 13.2 Å². The lowest BCUT2D eigenvalue weighted by Gasteiger charge is -2.12. The maximum Gasteiger partial charge on any atom is 0.343 e. The maximum absolute atomic E-state index is 12.6. The molecule has 3 aromatic rings. The van der Waals surface area contributed by atoms with E-state index in [1.807, 2.05) is 13.8 Å². The van der Waals surface area contributed by atoms with E-state index in [1.54, 1.807) is 54.6 Å².